The zero-order valence-electron chi connectivity index (χ0n) is 5.31. The SMILES string of the molecule is C[N-]CCOCC(F)F. The van der Waals surface area contributed by atoms with E-state index >= 15 is 0 Å². The van der Waals surface area contributed by atoms with Crippen LogP contribution in [-0.4, -0.2) is 33.2 Å². The second-order valence-corrected chi connectivity index (χ2v) is 1.51. The Labute approximate surface area is 53.2 Å². The summed E-state index contributed by atoms with van der Waals surface area (Å²) < 4.78 is 27.1. The van der Waals surface area contributed by atoms with Crippen molar-refractivity contribution in [3.05, 3.63) is 5.32 Å². The van der Waals surface area contributed by atoms with Gasteiger partial charge in [-0.15, -0.1) is 6.54 Å². The fraction of sp³-hybridized carbons (Fsp3) is 1.00. The lowest BCUT2D eigenvalue weighted by molar-refractivity contribution is 0.0218. The summed E-state index contributed by atoms with van der Waals surface area (Å²) >= 11 is 0. The third-order valence-corrected chi connectivity index (χ3v) is 0.703. The lowest BCUT2D eigenvalue weighted by Gasteiger charge is -2.09. The van der Waals surface area contributed by atoms with Gasteiger partial charge in [-0.1, -0.05) is 0 Å². The van der Waals surface area contributed by atoms with E-state index in [1.165, 1.54) is 0 Å². The zero-order chi connectivity index (χ0) is 7.11. The van der Waals surface area contributed by atoms with Crippen molar-refractivity contribution in [1.29, 1.82) is 0 Å². The molecular formula is C5H10F2NO-. The van der Waals surface area contributed by atoms with Crippen LogP contribution >= 0.6 is 0 Å². The average molecular weight is 138 g/mol. The van der Waals surface area contributed by atoms with E-state index in [9.17, 15) is 8.78 Å². The van der Waals surface area contributed by atoms with Gasteiger partial charge in [0.15, 0.2) is 0 Å². The molecule has 2 nitrogen and oxygen atoms in total. The highest BCUT2D eigenvalue weighted by molar-refractivity contribution is 4.67. The first-order valence-electron chi connectivity index (χ1n) is 2.69. The van der Waals surface area contributed by atoms with Gasteiger partial charge in [0.2, 0.25) is 0 Å². The van der Waals surface area contributed by atoms with E-state index in [0.717, 1.165) is 0 Å². The Bertz CT molecular complexity index is 60.9. The molecule has 0 spiro atoms. The summed E-state index contributed by atoms with van der Waals surface area (Å²) in [6.07, 6.45) is -2.36. The largest absolute Gasteiger partial charge is 0.663 e. The standard InChI is InChI=1S/C5H10F2NO/c1-8-2-3-9-4-5(6)7/h5H,2-4H2,1H3/q-1. The Hall–Kier alpha value is -0.220. The van der Waals surface area contributed by atoms with Crippen molar-refractivity contribution in [1.82, 2.24) is 0 Å². The smallest absolute Gasteiger partial charge is 0.261 e. The molecule has 0 heterocycles. The molecule has 0 aromatic carbocycles. The minimum Gasteiger partial charge on any atom is -0.663 e. The molecule has 0 saturated heterocycles. The fourth-order valence-electron chi connectivity index (χ4n) is 0.328. The first-order valence-corrected chi connectivity index (χ1v) is 2.69. The number of likely N-dealkylation sites (N-methyl/N-ethyl adjacent to an activating group) is 1. The molecule has 0 N–H and O–H groups in total. The number of alkyl halides is 2. The van der Waals surface area contributed by atoms with Crippen LogP contribution in [0.2, 0.25) is 0 Å². The number of nitrogens with zero attached hydrogens (tertiary/aromatic N) is 1. The van der Waals surface area contributed by atoms with Gasteiger partial charge in [-0.05, 0) is 0 Å². The summed E-state index contributed by atoms with van der Waals surface area (Å²) in [5.41, 5.74) is 0. The van der Waals surface area contributed by atoms with Crippen LogP contribution in [0.1, 0.15) is 0 Å². The predicted molar refractivity (Wildman–Crippen MR) is 31.0 cm³/mol. The maximum atomic E-state index is 11.3. The second kappa shape index (κ2) is 5.91. The summed E-state index contributed by atoms with van der Waals surface area (Å²) in [5.74, 6) is 0. The highest BCUT2D eigenvalue weighted by atomic mass is 19.3. The third-order valence-electron chi connectivity index (χ3n) is 0.703. The van der Waals surface area contributed by atoms with Crippen LogP contribution < -0.4 is 0 Å². The Balaban J connectivity index is 2.75. The quantitative estimate of drug-likeness (QED) is 0.525. The molecule has 0 aromatic heterocycles. The molecule has 0 atom stereocenters. The number of halogens is 2. The van der Waals surface area contributed by atoms with Crippen LogP contribution in [0.4, 0.5) is 8.78 Å². The molecule has 0 aliphatic rings. The van der Waals surface area contributed by atoms with Crippen LogP contribution in [0.5, 0.6) is 0 Å². The second-order valence-electron chi connectivity index (χ2n) is 1.51. The molecule has 0 rings (SSSR count). The van der Waals surface area contributed by atoms with Gasteiger partial charge in [-0.25, -0.2) is 8.78 Å². The summed E-state index contributed by atoms with van der Waals surface area (Å²) in [4.78, 5) is 0. The number of hydrogen-bond donors (Lipinski definition) is 0. The van der Waals surface area contributed by atoms with Crippen LogP contribution in [0.15, 0.2) is 0 Å². The first-order chi connectivity index (χ1) is 4.27. The summed E-state index contributed by atoms with van der Waals surface area (Å²) in [6, 6.07) is 0. The lowest BCUT2D eigenvalue weighted by atomic mass is 10.7. The van der Waals surface area contributed by atoms with E-state index in [1.807, 2.05) is 0 Å². The number of hydrogen-bond acceptors (Lipinski definition) is 1. The van der Waals surface area contributed by atoms with Gasteiger partial charge in [-0.2, -0.15) is 7.05 Å². The van der Waals surface area contributed by atoms with Crippen LogP contribution in [-0.2, 0) is 4.74 Å². The Kier molecular flexibility index (Phi) is 5.76. The number of rotatable bonds is 5. The molecule has 0 amide bonds. The van der Waals surface area contributed by atoms with Crippen molar-refractivity contribution in [3.8, 4) is 0 Å². The Morgan fingerprint density at radius 3 is 2.67 bits per heavy atom. The molecule has 0 aliphatic carbocycles. The van der Waals surface area contributed by atoms with Crippen molar-refractivity contribution >= 4 is 0 Å². The van der Waals surface area contributed by atoms with Gasteiger partial charge in [0.1, 0.15) is 6.61 Å². The molecule has 0 aromatic rings. The van der Waals surface area contributed by atoms with Crippen molar-refractivity contribution < 1.29 is 13.5 Å². The summed E-state index contributed by atoms with van der Waals surface area (Å²) in [5, 5.41) is 3.66. The summed E-state index contributed by atoms with van der Waals surface area (Å²) in [7, 11) is 1.62. The van der Waals surface area contributed by atoms with E-state index in [0.29, 0.717) is 13.2 Å². The maximum Gasteiger partial charge on any atom is 0.261 e. The molecule has 0 aliphatic heterocycles. The lowest BCUT2D eigenvalue weighted by Crippen LogP contribution is -2.07. The van der Waals surface area contributed by atoms with Gasteiger partial charge in [-0.3, -0.25) is 0 Å². The Morgan fingerprint density at radius 2 is 2.22 bits per heavy atom. The third kappa shape index (κ3) is 7.78. The van der Waals surface area contributed by atoms with E-state index in [1.54, 1.807) is 7.05 Å². The molecule has 9 heavy (non-hydrogen) atoms. The van der Waals surface area contributed by atoms with Gasteiger partial charge in [0.25, 0.3) is 6.43 Å². The van der Waals surface area contributed by atoms with Gasteiger partial charge in [0.05, 0.1) is 0 Å². The van der Waals surface area contributed by atoms with Crippen molar-refractivity contribution in [2.75, 3.05) is 26.8 Å². The van der Waals surface area contributed by atoms with Gasteiger partial charge in [0, 0.05) is 6.61 Å². The molecule has 0 saturated carbocycles. The first kappa shape index (κ1) is 8.78. The van der Waals surface area contributed by atoms with Crippen LogP contribution in [0.25, 0.3) is 5.32 Å². The van der Waals surface area contributed by atoms with E-state index in [-0.39, 0.29) is 0 Å². The van der Waals surface area contributed by atoms with Gasteiger partial charge < -0.3 is 10.1 Å². The highest BCUT2D eigenvalue weighted by Gasteiger charge is 1.98. The van der Waals surface area contributed by atoms with Crippen molar-refractivity contribution in [2.45, 2.75) is 6.43 Å². The van der Waals surface area contributed by atoms with E-state index in [2.05, 4.69) is 10.1 Å². The highest BCUT2D eigenvalue weighted by Crippen LogP contribution is 1.92. The van der Waals surface area contributed by atoms with Gasteiger partial charge >= 0.3 is 0 Å². The molecule has 0 bridgehead atoms. The normalized spacial score (nSPS) is 10.7. The Morgan fingerprint density at radius 1 is 1.56 bits per heavy atom. The van der Waals surface area contributed by atoms with Crippen molar-refractivity contribution in [2.24, 2.45) is 0 Å². The molecule has 56 valence electrons. The van der Waals surface area contributed by atoms with Crippen LogP contribution in [0.3, 0.4) is 0 Å². The van der Waals surface area contributed by atoms with E-state index in [4.69, 9.17) is 0 Å². The molecule has 4 heteroatoms. The maximum absolute atomic E-state index is 11.3. The molecule has 0 radical (unpaired) electrons. The number of ether oxygens (including phenoxy) is 1. The summed E-state index contributed by atoms with van der Waals surface area (Å²) in [6.45, 7) is 0.309. The zero-order valence-corrected chi connectivity index (χ0v) is 5.31. The minimum absolute atomic E-state index is 0.292. The predicted octanol–water partition coefficient (Wildman–Crippen LogP) is 1.27. The minimum atomic E-state index is -2.36. The van der Waals surface area contributed by atoms with Crippen molar-refractivity contribution in [3.63, 3.8) is 0 Å². The molecule has 0 unspecified atom stereocenters. The monoisotopic (exact) mass is 138 g/mol. The topological polar surface area (TPSA) is 23.3 Å². The van der Waals surface area contributed by atoms with E-state index < -0.39 is 13.0 Å². The molecule has 0 fully saturated rings. The van der Waals surface area contributed by atoms with Crippen LogP contribution in [0, 0.1) is 0 Å². The average Bonchev–Trinajstić information content (AvgIpc) is 1.80. The fourth-order valence-corrected chi connectivity index (χ4v) is 0.328. The molecular weight excluding hydrogens is 128 g/mol.